The minimum Gasteiger partial charge on any atom is -0.381 e. The molecule has 1 aromatic rings. The van der Waals surface area contributed by atoms with Crippen LogP contribution in [0.15, 0.2) is 30.3 Å². The zero-order valence-corrected chi connectivity index (χ0v) is 9.94. The average Bonchev–Trinajstić information content (AvgIpc) is 2.74. The van der Waals surface area contributed by atoms with Gasteiger partial charge in [0.2, 0.25) is 0 Å². The Labute approximate surface area is 97.0 Å². The molecular weight excluding hydrogens is 198 g/mol. The number of rotatable bonds is 2. The van der Waals surface area contributed by atoms with Crippen LogP contribution in [0.1, 0.15) is 20.3 Å². The van der Waals surface area contributed by atoms with Gasteiger partial charge < -0.3 is 10.1 Å². The van der Waals surface area contributed by atoms with Crippen LogP contribution in [-0.4, -0.2) is 18.8 Å². The molecule has 2 aliphatic rings. The van der Waals surface area contributed by atoms with E-state index in [1.807, 2.05) is 0 Å². The van der Waals surface area contributed by atoms with Crippen LogP contribution in [0.2, 0.25) is 0 Å². The molecule has 1 aliphatic heterocycles. The van der Waals surface area contributed by atoms with Gasteiger partial charge in [0, 0.05) is 29.7 Å². The first-order valence-electron chi connectivity index (χ1n) is 6.13. The maximum atomic E-state index is 5.80. The summed E-state index contributed by atoms with van der Waals surface area (Å²) >= 11 is 0. The van der Waals surface area contributed by atoms with Gasteiger partial charge in [-0.25, -0.2) is 0 Å². The number of para-hydroxylation sites is 1. The van der Waals surface area contributed by atoms with Crippen molar-refractivity contribution in [2.45, 2.75) is 32.4 Å². The molecule has 1 aromatic carbocycles. The number of nitrogens with one attached hydrogen (secondary N) is 1. The second kappa shape index (κ2) is 3.49. The molecule has 0 amide bonds. The van der Waals surface area contributed by atoms with Gasteiger partial charge in [-0.05, 0) is 18.6 Å². The zero-order chi connectivity index (χ0) is 11.2. The minimum atomic E-state index is 0.261. The highest BCUT2D eigenvalue weighted by molar-refractivity contribution is 5.45. The van der Waals surface area contributed by atoms with Crippen molar-refractivity contribution in [2.75, 3.05) is 11.9 Å². The van der Waals surface area contributed by atoms with E-state index in [-0.39, 0.29) is 5.41 Å². The van der Waals surface area contributed by atoms with Gasteiger partial charge in [0.15, 0.2) is 0 Å². The lowest BCUT2D eigenvalue weighted by Crippen LogP contribution is -2.63. The standard InChI is InChI=1S/C14H19NO/c1-14(2)12(11-8-9-16-13(11)14)15-10-6-4-3-5-7-10/h3-7,11-13,15H,8-9H2,1-2H3. The van der Waals surface area contributed by atoms with E-state index in [0.29, 0.717) is 18.1 Å². The SMILES string of the molecule is CC1(C)C(Nc2ccccc2)C2CCOC21. The van der Waals surface area contributed by atoms with Crippen LogP contribution in [0.4, 0.5) is 5.69 Å². The molecule has 0 radical (unpaired) electrons. The Kier molecular flexibility index (Phi) is 2.21. The maximum absolute atomic E-state index is 5.80. The van der Waals surface area contributed by atoms with Crippen LogP contribution in [-0.2, 0) is 4.74 Å². The van der Waals surface area contributed by atoms with Crippen LogP contribution in [0.3, 0.4) is 0 Å². The summed E-state index contributed by atoms with van der Waals surface area (Å²) in [4.78, 5) is 0. The maximum Gasteiger partial charge on any atom is 0.0694 e. The van der Waals surface area contributed by atoms with Gasteiger partial charge in [-0.3, -0.25) is 0 Å². The number of hydrogen-bond donors (Lipinski definition) is 1. The molecule has 2 heteroatoms. The highest BCUT2D eigenvalue weighted by Crippen LogP contribution is 2.53. The molecule has 3 rings (SSSR count). The van der Waals surface area contributed by atoms with Crippen LogP contribution >= 0.6 is 0 Å². The summed E-state index contributed by atoms with van der Waals surface area (Å²) in [5.41, 5.74) is 1.49. The second-order valence-electron chi connectivity index (χ2n) is 5.55. The van der Waals surface area contributed by atoms with E-state index in [1.165, 1.54) is 12.1 Å². The fraction of sp³-hybridized carbons (Fsp3) is 0.571. The second-order valence-corrected chi connectivity index (χ2v) is 5.55. The van der Waals surface area contributed by atoms with Crippen molar-refractivity contribution in [2.24, 2.45) is 11.3 Å². The predicted octanol–water partition coefficient (Wildman–Crippen LogP) is 2.91. The number of fused-ring (bicyclic) bond motifs is 1. The van der Waals surface area contributed by atoms with Gasteiger partial charge >= 0.3 is 0 Å². The van der Waals surface area contributed by atoms with Gasteiger partial charge in [-0.2, -0.15) is 0 Å². The summed E-state index contributed by atoms with van der Waals surface area (Å²) in [7, 11) is 0. The molecule has 0 aromatic heterocycles. The van der Waals surface area contributed by atoms with Gasteiger partial charge in [-0.1, -0.05) is 32.0 Å². The molecule has 1 heterocycles. The molecule has 0 spiro atoms. The van der Waals surface area contributed by atoms with Crippen LogP contribution in [0, 0.1) is 11.3 Å². The predicted molar refractivity (Wildman–Crippen MR) is 65.5 cm³/mol. The summed E-state index contributed by atoms with van der Waals surface area (Å²) in [6, 6.07) is 11.0. The Morgan fingerprint density at radius 2 is 2.00 bits per heavy atom. The fourth-order valence-corrected chi connectivity index (χ4v) is 3.33. The van der Waals surface area contributed by atoms with E-state index in [1.54, 1.807) is 0 Å². The first kappa shape index (κ1) is 10.2. The van der Waals surface area contributed by atoms with Crippen molar-refractivity contribution in [3.63, 3.8) is 0 Å². The highest BCUT2D eigenvalue weighted by Gasteiger charge is 2.59. The smallest absolute Gasteiger partial charge is 0.0694 e. The first-order valence-corrected chi connectivity index (χ1v) is 6.13. The van der Waals surface area contributed by atoms with E-state index in [2.05, 4.69) is 49.5 Å². The fourth-order valence-electron chi connectivity index (χ4n) is 3.33. The van der Waals surface area contributed by atoms with Crippen molar-refractivity contribution >= 4 is 5.69 Å². The van der Waals surface area contributed by atoms with Crippen molar-refractivity contribution in [3.05, 3.63) is 30.3 Å². The Balaban J connectivity index is 1.76. The van der Waals surface area contributed by atoms with E-state index in [9.17, 15) is 0 Å². The molecule has 0 bridgehead atoms. The molecular formula is C14H19NO. The summed E-state index contributed by atoms with van der Waals surface area (Å²) in [5.74, 6) is 0.704. The van der Waals surface area contributed by atoms with Gasteiger partial charge in [0.1, 0.15) is 0 Å². The van der Waals surface area contributed by atoms with E-state index in [4.69, 9.17) is 4.74 Å². The molecule has 86 valence electrons. The monoisotopic (exact) mass is 217 g/mol. The topological polar surface area (TPSA) is 21.3 Å². The number of anilines is 1. The number of benzene rings is 1. The van der Waals surface area contributed by atoms with E-state index < -0.39 is 0 Å². The van der Waals surface area contributed by atoms with E-state index in [0.717, 1.165) is 6.61 Å². The summed E-state index contributed by atoms with van der Waals surface area (Å²) in [6.45, 7) is 5.55. The van der Waals surface area contributed by atoms with E-state index >= 15 is 0 Å². The van der Waals surface area contributed by atoms with Crippen molar-refractivity contribution in [1.29, 1.82) is 0 Å². The molecule has 2 fully saturated rings. The number of ether oxygens (including phenoxy) is 1. The lowest BCUT2D eigenvalue weighted by Gasteiger charge is -2.55. The van der Waals surface area contributed by atoms with Crippen LogP contribution in [0.25, 0.3) is 0 Å². The normalized spacial score (nSPS) is 35.2. The van der Waals surface area contributed by atoms with Crippen molar-refractivity contribution in [3.8, 4) is 0 Å². The minimum absolute atomic E-state index is 0.261. The third-order valence-corrected chi connectivity index (χ3v) is 4.20. The molecule has 3 unspecified atom stereocenters. The molecule has 2 nitrogen and oxygen atoms in total. The Bertz CT molecular complexity index is 374. The average molecular weight is 217 g/mol. The van der Waals surface area contributed by atoms with Gasteiger partial charge in [0.05, 0.1) is 6.10 Å². The Morgan fingerprint density at radius 3 is 2.75 bits per heavy atom. The summed E-state index contributed by atoms with van der Waals surface area (Å²) in [5, 5.41) is 3.66. The third-order valence-electron chi connectivity index (χ3n) is 4.20. The molecule has 1 N–H and O–H groups in total. The number of hydrogen-bond acceptors (Lipinski definition) is 2. The highest BCUT2D eigenvalue weighted by atomic mass is 16.5. The summed E-state index contributed by atoms with van der Waals surface area (Å²) in [6.07, 6.45) is 1.67. The molecule has 3 atom stereocenters. The molecule has 16 heavy (non-hydrogen) atoms. The molecule has 1 saturated carbocycles. The largest absolute Gasteiger partial charge is 0.381 e. The van der Waals surface area contributed by atoms with Crippen molar-refractivity contribution < 1.29 is 4.74 Å². The summed E-state index contributed by atoms with van der Waals surface area (Å²) < 4.78 is 5.80. The lowest BCUT2D eigenvalue weighted by atomic mass is 9.57. The quantitative estimate of drug-likeness (QED) is 0.822. The molecule has 1 aliphatic carbocycles. The van der Waals surface area contributed by atoms with Crippen LogP contribution < -0.4 is 5.32 Å². The molecule has 1 saturated heterocycles. The first-order chi connectivity index (χ1) is 7.69. The zero-order valence-electron chi connectivity index (χ0n) is 9.94. The van der Waals surface area contributed by atoms with Gasteiger partial charge in [0.25, 0.3) is 0 Å². The van der Waals surface area contributed by atoms with Crippen molar-refractivity contribution in [1.82, 2.24) is 0 Å². The lowest BCUT2D eigenvalue weighted by molar-refractivity contribution is -0.0923. The van der Waals surface area contributed by atoms with Gasteiger partial charge in [-0.15, -0.1) is 0 Å². The Hall–Kier alpha value is -1.02. The Morgan fingerprint density at radius 1 is 1.25 bits per heavy atom. The van der Waals surface area contributed by atoms with Crippen LogP contribution in [0.5, 0.6) is 0 Å². The third kappa shape index (κ3) is 1.36.